The van der Waals surface area contributed by atoms with Crippen LogP contribution in [0.5, 0.6) is 0 Å². The van der Waals surface area contributed by atoms with Crippen LogP contribution >= 0.6 is 0 Å². The molecule has 0 aromatic heterocycles. The van der Waals surface area contributed by atoms with Crippen molar-refractivity contribution in [2.75, 3.05) is 45.9 Å². The molecule has 6 heteroatoms. The molecule has 4 saturated carbocycles. The van der Waals surface area contributed by atoms with Gasteiger partial charge < -0.3 is 20.6 Å². The lowest BCUT2D eigenvalue weighted by molar-refractivity contribution is -0.222. The van der Waals surface area contributed by atoms with E-state index in [4.69, 9.17) is 0 Å². The Morgan fingerprint density at radius 3 is 2.23 bits per heavy atom. The molecule has 47 heavy (non-hydrogen) atoms. The van der Waals surface area contributed by atoms with Gasteiger partial charge in [-0.2, -0.15) is 0 Å². The summed E-state index contributed by atoms with van der Waals surface area (Å²) in [5.41, 5.74) is 4.48. The lowest BCUT2D eigenvalue weighted by atomic mass is 9.32. The molecule has 262 valence electrons. The molecule has 1 aromatic carbocycles. The molecule has 4 fully saturated rings. The number of carbonyl (C=O) groups is 1. The van der Waals surface area contributed by atoms with Crippen LogP contribution in [0.2, 0.25) is 0 Å². The average Bonchev–Trinajstić information content (AvgIpc) is 3.45. The fraction of sp³-hybridized carbons (Fsp3) is 0.780. The first kappa shape index (κ1) is 35.1. The van der Waals surface area contributed by atoms with Crippen molar-refractivity contribution in [2.45, 2.75) is 105 Å². The molecule has 7 unspecified atom stereocenters. The van der Waals surface area contributed by atoms with Crippen LogP contribution in [0.3, 0.4) is 0 Å². The van der Waals surface area contributed by atoms with Crippen molar-refractivity contribution >= 4 is 11.5 Å². The van der Waals surface area contributed by atoms with Gasteiger partial charge in [0.05, 0.1) is 18.8 Å². The predicted molar refractivity (Wildman–Crippen MR) is 190 cm³/mol. The molecule has 0 saturated heterocycles. The number of aliphatic hydroxyl groups is 2. The number of allylic oxidation sites excluding steroid dienone is 2. The summed E-state index contributed by atoms with van der Waals surface area (Å²) < 4.78 is 0. The highest BCUT2D eigenvalue weighted by Gasteiger charge is 2.69. The van der Waals surface area contributed by atoms with Crippen LogP contribution in [-0.4, -0.2) is 72.1 Å². The Bertz CT molecular complexity index is 1300. The quantitative estimate of drug-likeness (QED) is 0.176. The van der Waals surface area contributed by atoms with Gasteiger partial charge in [0.1, 0.15) is 0 Å². The number of hydrogen-bond acceptors (Lipinski definition) is 5. The molecule has 0 amide bonds. The number of rotatable bonds is 12. The van der Waals surface area contributed by atoms with Crippen LogP contribution in [0.4, 0.5) is 0 Å². The molecule has 5 aliphatic carbocycles. The first-order valence-electron chi connectivity index (χ1n) is 19.1. The number of carboxylic acid groups (broad SMARTS) is 1. The van der Waals surface area contributed by atoms with E-state index in [1.807, 2.05) is 12.1 Å². The van der Waals surface area contributed by atoms with Crippen molar-refractivity contribution in [1.82, 2.24) is 10.2 Å². The molecular weight excluding hydrogens is 584 g/mol. The lowest BCUT2D eigenvalue weighted by Gasteiger charge is -2.72. The summed E-state index contributed by atoms with van der Waals surface area (Å²) in [5, 5.41) is 32.1. The molecule has 0 radical (unpaired) electrons. The number of fused-ring (bicyclic) bond motifs is 7. The van der Waals surface area contributed by atoms with Crippen molar-refractivity contribution < 1.29 is 20.1 Å². The minimum absolute atomic E-state index is 0.0445. The second-order valence-corrected chi connectivity index (χ2v) is 17.8. The number of carboxylic acids is 1. The van der Waals surface area contributed by atoms with Crippen molar-refractivity contribution in [1.29, 1.82) is 0 Å². The highest BCUT2D eigenvalue weighted by Crippen LogP contribution is 2.77. The number of nitrogens with zero attached hydrogens (tertiary/aromatic N) is 1. The summed E-state index contributed by atoms with van der Waals surface area (Å²) in [4.78, 5) is 13.7. The summed E-state index contributed by atoms with van der Waals surface area (Å²) in [5.74, 6) is 2.15. The standard InChI is InChI=1S/C41H64N2O4/c1-37(2)31(29-9-11-30(12-10-29)36(46)47)15-18-38(3)34(37)16-19-40(5)35(38)14-13-32-33-8-6-17-41(33,21-20-39(32,40)4)28-42-22-7-23-43(24-26-44)25-27-45/h9-12,15,32-35,42,44-45H,6-8,13-14,16-28H2,1-5H3,(H,46,47)/t32?,33?,34?,35?,38?,39-,40?,41?/m1/s1. The first-order valence-corrected chi connectivity index (χ1v) is 19.1. The van der Waals surface area contributed by atoms with E-state index in [-0.39, 0.29) is 24.0 Å². The topological polar surface area (TPSA) is 93.0 Å². The van der Waals surface area contributed by atoms with E-state index in [0.29, 0.717) is 40.8 Å². The average molecular weight is 649 g/mol. The van der Waals surface area contributed by atoms with Gasteiger partial charge in [0.25, 0.3) is 0 Å². The fourth-order valence-electron chi connectivity index (χ4n) is 13.3. The third-order valence-electron chi connectivity index (χ3n) is 15.7. The number of nitrogens with one attached hydrogen (secondary N) is 1. The number of benzene rings is 1. The van der Waals surface area contributed by atoms with Crippen LogP contribution in [0, 0.1) is 50.7 Å². The molecule has 5 aliphatic rings. The van der Waals surface area contributed by atoms with Gasteiger partial charge in [-0.1, -0.05) is 59.2 Å². The van der Waals surface area contributed by atoms with E-state index in [1.54, 1.807) is 12.1 Å². The maximum Gasteiger partial charge on any atom is 0.335 e. The Kier molecular flexibility index (Phi) is 9.85. The second-order valence-electron chi connectivity index (χ2n) is 17.8. The smallest absolute Gasteiger partial charge is 0.335 e. The van der Waals surface area contributed by atoms with Crippen LogP contribution in [-0.2, 0) is 0 Å². The Balaban J connectivity index is 1.17. The van der Waals surface area contributed by atoms with Gasteiger partial charge in [0, 0.05) is 19.6 Å². The van der Waals surface area contributed by atoms with Gasteiger partial charge in [0.2, 0.25) is 0 Å². The molecule has 6 nitrogen and oxygen atoms in total. The number of hydrogen-bond donors (Lipinski definition) is 4. The number of aromatic carboxylic acids is 1. The van der Waals surface area contributed by atoms with E-state index >= 15 is 0 Å². The predicted octanol–water partition coefficient (Wildman–Crippen LogP) is 7.50. The normalized spacial score (nSPS) is 39.0. The molecule has 6 rings (SSSR count). The Morgan fingerprint density at radius 1 is 0.830 bits per heavy atom. The summed E-state index contributed by atoms with van der Waals surface area (Å²) in [6.07, 6.45) is 17.0. The summed E-state index contributed by atoms with van der Waals surface area (Å²) >= 11 is 0. The molecule has 0 aliphatic heterocycles. The van der Waals surface area contributed by atoms with E-state index in [9.17, 15) is 20.1 Å². The largest absolute Gasteiger partial charge is 0.478 e. The molecule has 0 bridgehead atoms. The van der Waals surface area contributed by atoms with Crippen LogP contribution in [0.25, 0.3) is 5.57 Å². The van der Waals surface area contributed by atoms with Crippen LogP contribution in [0.15, 0.2) is 30.3 Å². The highest BCUT2D eigenvalue weighted by molar-refractivity contribution is 5.88. The van der Waals surface area contributed by atoms with Crippen LogP contribution < -0.4 is 5.32 Å². The Labute approximate surface area is 284 Å². The zero-order valence-electron chi connectivity index (χ0n) is 30.1. The molecular formula is C41H64N2O4. The summed E-state index contributed by atoms with van der Waals surface area (Å²) in [6.45, 7) is 17.7. The zero-order valence-corrected chi connectivity index (χ0v) is 30.1. The minimum atomic E-state index is -0.859. The lowest BCUT2D eigenvalue weighted by Crippen LogP contribution is -2.65. The SMILES string of the molecule is CC1(C)C(c2ccc(C(=O)O)cc2)=CCC2(C)C1CCC1(C)C2CCC2C3CCCC3(CNCCCN(CCO)CCO)CC[C@]21C. The zero-order chi connectivity index (χ0) is 33.7. The second kappa shape index (κ2) is 13.2. The summed E-state index contributed by atoms with van der Waals surface area (Å²) in [6, 6.07) is 7.62. The van der Waals surface area contributed by atoms with E-state index in [1.165, 1.54) is 68.9 Å². The molecule has 8 atom stereocenters. The molecule has 0 heterocycles. The number of aliphatic hydroxyl groups excluding tert-OH is 2. The van der Waals surface area contributed by atoms with E-state index < -0.39 is 5.97 Å². The van der Waals surface area contributed by atoms with Gasteiger partial charge >= 0.3 is 5.97 Å². The minimum Gasteiger partial charge on any atom is -0.478 e. The maximum absolute atomic E-state index is 11.5. The Hall–Kier alpha value is -1.73. The highest BCUT2D eigenvalue weighted by atomic mass is 16.4. The molecule has 1 aromatic rings. The first-order chi connectivity index (χ1) is 22.4. The van der Waals surface area contributed by atoms with Gasteiger partial charge in [-0.15, -0.1) is 0 Å². The van der Waals surface area contributed by atoms with Gasteiger partial charge in [-0.05, 0) is 151 Å². The third kappa shape index (κ3) is 5.75. The maximum atomic E-state index is 11.5. The monoisotopic (exact) mass is 648 g/mol. The Morgan fingerprint density at radius 2 is 1.55 bits per heavy atom. The van der Waals surface area contributed by atoms with Crippen molar-refractivity contribution in [3.8, 4) is 0 Å². The third-order valence-corrected chi connectivity index (χ3v) is 15.7. The van der Waals surface area contributed by atoms with Crippen molar-refractivity contribution in [3.63, 3.8) is 0 Å². The molecule has 4 N–H and O–H groups in total. The summed E-state index contributed by atoms with van der Waals surface area (Å²) in [7, 11) is 0. The van der Waals surface area contributed by atoms with Gasteiger partial charge in [-0.3, -0.25) is 4.90 Å². The van der Waals surface area contributed by atoms with Crippen molar-refractivity contribution in [2.24, 2.45) is 50.7 Å². The van der Waals surface area contributed by atoms with E-state index in [2.05, 4.69) is 50.9 Å². The molecule has 0 spiro atoms. The van der Waals surface area contributed by atoms with Gasteiger partial charge in [0.15, 0.2) is 0 Å². The van der Waals surface area contributed by atoms with Crippen molar-refractivity contribution in [3.05, 3.63) is 41.5 Å². The van der Waals surface area contributed by atoms with E-state index in [0.717, 1.165) is 50.2 Å². The van der Waals surface area contributed by atoms with Crippen LogP contribution in [0.1, 0.15) is 121 Å². The van der Waals surface area contributed by atoms with Gasteiger partial charge in [-0.25, -0.2) is 4.79 Å². The fourth-order valence-corrected chi connectivity index (χ4v) is 13.3.